The summed E-state index contributed by atoms with van der Waals surface area (Å²) < 4.78 is 18.1. The molecule has 0 bridgehead atoms. The standard InChI is InChI=1S/C28H35N3O5/c1-8-17-15-20(26(32)35-7)25(34-6)29-24(17)18-11-12-21-19(14-18)16-23(30(21)5)22-10-9-13-31(22)27(33)36-28(2,3)4/h11-12,14-16,22H,8-10,13H2,1-7H3/t22-/m0/s1. The molecular formula is C28H35N3O5. The lowest BCUT2D eigenvalue weighted by atomic mass is 10.0. The van der Waals surface area contributed by atoms with Crippen LogP contribution in [0.4, 0.5) is 4.79 Å². The van der Waals surface area contributed by atoms with E-state index in [1.54, 1.807) is 6.07 Å². The molecule has 1 amide bonds. The lowest BCUT2D eigenvalue weighted by Crippen LogP contribution is -2.36. The van der Waals surface area contributed by atoms with E-state index in [0.717, 1.165) is 46.3 Å². The van der Waals surface area contributed by atoms with Crippen LogP contribution in [0.5, 0.6) is 5.88 Å². The highest BCUT2D eigenvalue weighted by atomic mass is 16.6. The largest absolute Gasteiger partial charge is 0.480 e. The van der Waals surface area contributed by atoms with Gasteiger partial charge in [0.1, 0.15) is 11.2 Å². The second kappa shape index (κ2) is 9.84. The van der Waals surface area contributed by atoms with Gasteiger partial charge in [-0.3, -0.25) is 4.90 Å². The summed E-state index contributed by atoms with van der Waals surface area (Å²) in [4.78, 5) is 31.6. The summed E-state index contributed by atoms with van der Waals surface area (Å²) in [5.41, 5.74) is 4.55. The normalized spacial score (nSPS) is 15.9. The highest BCUT2D eigenvalue weighted by molar-refractivity contribution is 5.93. The molecule has 0 saturated carbocycles. The Morgan fingerprint density at radius 1 is 1.14 bits per heavy atom. The Morgan fingerprint density at radius 3 is 2.53 bits per heavy atom. The first-order valence-electron chi connectivity index (χ1n) is 12.3. The number of pyridine rings is 1. The number of ether oxygens (including phenoxy) is 3. The van der Waals surface area contributed by atoms with Crippen LogP contribution in [-0.4, -0.2) is 52.9 Å². The number of hydrogen-bond acceptors (Lipinski definition) is 6. The topological polar surface area (TPSA) is 82.9 Å². The van der Waals surface area contributed by atoms with Gasteiger partial charge >= 0.3 is 12.1 Å². The molecule has 0 spiro atoms. The van der Waals surface area contributed by atoms with Crippen LogP contribution in [0.25, 0.3) is 22.2 Å². The molecule has 1 saturated heterocycles. The molecule has 0 unspecified atom stereocenters. The van der Waals surface area contributed by atoms with Crippen molar-refractivity contribution in [1.29, 1.82) is 0 Å². The van der Waals surface area contributed by atoms with E-state index in [1.807, 2.05) is 45.7 Å². The maximum absolute atomic E-state index is 12.9. The highest BCUT2D eigenvalue weighted by Gasteiger charge is 2.35. The molecular weight excluding hydrogens is 458 g/mol. The number of esters is 1. The van der Waals surface area contributed by atoms with Crippen molar-refractivity contribution in [3.05, 3.63) is 47.2 Å². The zero-order valence-electron chi connectivity index (χ0n) is 22.2. The monoisotopic (exact) mass is 493 g/mol. The van der Waals surface area contributed by atoms with Gasteiger partial charge in [-0.25, -0.2) is 14.6 Å². The molecule has 192 valence electrons. The smallest absolute Gasteiger partial charge is 0.410 e. The predicted molar refractivity (Wildman–Crippen MR) is 138 cm³/mol. The molecule has 0 N–H and O–H groups in total. The van der Waals surface area contributed by atoms with Gasteiger partial charge in [0.2, 0.25) is 5.88 Å². The van der Waals surface area contributed by atoms with E-state index in [4.69, 9.17) is 14.2 Å². The zero-order chi connectivity index (χ0) is 26.2. The maximum atomic E-state index is 12.9. The molecule has 1 aliphatic heterocycles. The van der Waals surface area contributed by atoms with Crippen LogP contribution >= 0.6 is 0 Å². The van der Waals surface area contributed by atoms with Crippen molar-refractivity contribution < 1.29 is 23.8 Å². The van der Waals surface area contributed by atoms with Crippen molar-refractivity contribution in [2.24, 2.45) is 7.05 Å². The number of rotatable bonds is 5. The second-order valence-electron chi connectivity index (χ2n) is 10.1. The zero-order valence-corrected chi connectivity index (χ0v) is 22.2. The van der Waals surface area contributed by atoms with Crippen molar-refractivity contribution >= 4 is 23.0 Å². The van der Waals surface area contributed by atoms with Crippen LogP contribution in [0.3, 0.4) is 0 Å². The van der Waals surface area contributed by atoms with Crippen molar-refractivity contribution in [2.75, 3.05) is 20.8 Å². The van der Waals surface area contributed by atoms with Gasteiger partial charge in [0.25, 0.3) is 0 Å². The average Bonchev–Trinajstić information content (AvgIpc) is 3.46. The van der Waals surface area contributed by atoms with Crippen LogP contribution in [0.2, 0.25) is 0 Å². The molecule has 3 aromatic rings. The Bertz CT molecular complexity index is 1300. The number of aryl methyl sites for hydroxylation is 2. The minimum absolute atomic E-state index is 0.0375. The van der Waals surface area contributed by atoms with Crippen molar-refractivity contribution in [3.63, 3.8) is 0 Å². The Kier molecular flexibility index (Phi) is 6.98. The number of nitrogens with zero attached hydrogens (tertiary/aromatic N) is 3. The Labute approximate surface area is 212 Å². The molecule has 8 nitrogen and oxygen atoms in total. The third-order valence-corrected chi connectivity index (χ3v) is 6.62. The summed E-state index contributed by atoms with van der Waals surface area (Å²) in [6.45, 7) is 8.37. The third-order valence-electron chi connectivity index (χ3n) is 6.62. The predicted octanol–water partition coefficient (Wildman–Crippen LogP) is 5.67. The summed E-state index contributed by atoms with van der Waals surface area (Å²) in [5.74, 6) is -0.239. The average molecular weight is 494 g/mol. The molecule has 4 rings (SSSR count). The number of likely N-dealkylation sites (tertiary alicyclic amines) is 1. The van der Waals surface area contributed by atoms with E-state index in [1.165, 1.54) is 14.2 Å². The fraction of sp³-hybridized carbons (Fsp3) is 0.464. The molecule has 0 aliphatic carbocycles. The summed E-state index contributed by atoms with van der Waals surface area (Å²) in [5, 5.41) is 1.06. The van der Waals surface area contributed by atoms with Crippen molar-refractivity contribution in [3.8, 4) is 17.1 Å². The van der Waals surface area contributed by atoms with E-state index in [-0.39, 0.29) is 18.0 Å². The van der Waals surface area contributed by atoms with Crippen LogP contribution in [0.1, 0.15) is 68.2 Å². The quantitative estimate of drug-likeness (QED) is 0.426. The van der Waals surface area contributed by atoms with E-state index in [9.17, 15) is 9.59 Å². The van der Waals surface area contributed by atoms with Gasteiger partial charge in [-0.2, -0.15) is 0 Å². The van der Waals surface area contributed by atoms with E-state index in [2.05, 4.69) is 27.8 Å². The first kappa shape index (κ1) is 25.5. The SMILES string of the molecule is CCc1cc(C(=O)OC)c(OC)nc1-c1ccc2c(c1)cc([C@@H]1CCCN1C(=O)OC(C)(C)C)n2C. The summed E-state index contributed by atoms with van der Waals surface area (Å²) in [6, 6.07) is 10.1. The number of benzene rings is 1. The van der Waals surface area contributed by atoms with Crippen molar-refractivity contribution in [2.45, 2.75) is 58.6 Å². The third kappa shape index (κ3) is 4.76. The Morgan fingerprint density at radius 2 is 1.89 bits per heavy atom. The second-order valence-corrected chi connectivity index (χ2v) is 10.1. The highest BCUT2D eigenvalue weighted by Crippen LogP contribution is 2.37. The molecule has 1 aliphatic rings. The first-order valence-corrected chi connectivity index (χ1v) is 12.3. The molecule has 3 heterocycles. The first-order chi connectivity index (χ1) is 17.1. The number of carbonyl (C=O) groups is 2. The fourth-order valence-corrected chi connectivity index (χ4v) is 4.92. The van der Waals surface area contributed by atoms with Crippen LogP contribution in [-0.2, 0) is 22.9 Å². The summed E-state index contributed by atoms with van der Waals surface area (Å²) in [7, 11) is 4.87. The van der Waals surface area contributed by atoms with Gasteiger partial charge in [-0.15, -0.1) is 0 Å². The lowest BCUT2D eigenvalue weighted by Gasteiger charge is -2.29. The maximum Gasteiger partial charge on any atom is 0.410 e. The van der Waals surface area contributed by atoms with E-state index < -0.39 is 11.6 Å². The Hall–Kier alpha value is -3.55. The summed E-state index contributed by atoms with van der Waals surface area (Å²) >= 11 is 0. The van der Waals surface area contributed by atoms with Gasteiger partial charge in [0.15, 0.2) is 0 Å². The van der Waals surface area contributed by atoms with Gasteiger partial charge in [0.05, 0.1) is 26.0 Å². The molecule has 0 radical (unpaired) electrons. The number of methoxy groups -OCH3 is 2. The van der Waals surface area contributed by atoms with Crippen LogP contribution in [0.15, 0.2) is 30.3 Å². The number of amides is 1. The molecule has 8 heteroatoms. The van der Waals surface area contributed by atoms with E-state index in [0.29, 0.717) is 18.5 Å². The van der Waals surface area contributed by atoms with Crippen LogP contribution in [0, 0.1) is 0 Å². The lowest BCUT2D eigenvalue weighted by molar-refractivity contribution is 0.0219. The molecule has 1 aromatic carbocycles. The Balaban J connectivity index is 1.74. The molecule has 2 aromatic heterocycles. The van der Waals surface area contributed by atoms with Gasteiger partial charge in [-0.1, -0.05) is 13.0 Å². The molecule has 1 fully saturated rings. The number of hydrogen-bond donors (Lipinski definition) is 0. The molecule has 1 atom stereocenters. The fourth-order valence-electron chi connectivity index (χ4n) is 4.92. The summed E-state index contributed by atoms with van der Waals surface area (Å²) in [6.07, 6.45) is 2.25. The number of fused-ring (bicyclic) bond motifs is 1. The van der Waals surface area contributed by atoms with Gasteiger partial charge in [-0.05, 0) is 69.9 Å². The molecule has 36 heavy (non-hydrogen) atoms. The van der Waals surface area contributed by atoms with E-state index >= 15 is 0 Å². The van der Waals surface area contributed by atoms with Crippen LogP contribution < -0.4 is 4.74 Å². The number of aromatic nitrogens is 2. The minimum Gasteiger partial charge on any atom is -0.480 e. The minimum atomic E-state index is -0.535. The van der Waals surface area contributed by atoms with Gasteiger partial charge in [0, 0.05) is 35.8 Å². The number of carbonyl (C=O) groups excluding carboxylic acids is 2. The van der Waals surface area contributed by atoms with Gasteiger partial charge < -0.3 is 18.8 Å². The van der Waals surface area contributed by atoms with Crippen molar-refractivity contribution in [1.82, 2.24) is 14.5 Å².